The summed E-state index contributed by atoms with van der Waals surface area (Å²) < 4.78 is 15.9. The average molecular weight is 274 g/mol. The molecule has 0 spiro atoms. The van der Waals surface area contributed by atoms with Crippen LogP contribution in [0.4, 0.5) is 5.88 Å². The first kappa shape index (κ1) is 13.0. The molecule has 0 radical (unpaired) electrons. The molecule has 1 aromatic heterocycles. The first-order valence-electron chi connectivity index (χ1n) is 6.77. The Hall–Kier alpha value is -2.01. The molecule has 20 heavy (non-hydrogen) atoms. The summed E-state index contributed by atoms with van der Waals surface area (Å²) in [5.41, 5.74) is 8.71. The minimum Gasteiger partial charge on any atom is -0.497 e. The third-order valence-electron chi connectivity index (χ3n) is 3.67. The standard InChI is InChI=1S/C15H18N2O3/c1-18-12-6-4-10(5-7-12)13-14(17-20-15(13)16)11-3-2-8-19-9-11/h4-7,11H,2-3,8-9,16H2,1H3. The molecule has 1 fully saturated rings. The number of benzene rings is 1. The van der Waals surface area contributed by atoms with Crippen molar-refractivity contribution in [2.45, 2.75) is 18.8 Å². The van der Waals surface area contributed by atoms with E-state index in [0.717, 1.165) is 42.0 Å². The SMILES string of the molecule is COc1ccc(-c2c(C3CCCOC3)noc2N)cc1. The van der Waals surface area contributed by atoms with E-state index in [9.17, 15) is 0 Å². The fourth-order valence-corrected chi connectivity index (χ4v) is 2.60. The van der Waals surface area contributed by atoms with Crippen LogP contribution in [0.1, 0.15) is 24.5 Å². The number of rotatable bonds is 3. The zero-order chi connectivity index (χ0) is 13.9. The van der Waals surface area contributed by atoms with Crippen molar-refractivity contribution in [3.63, 3.8) is 0 Å². The Morgan fingerprint density at radius 2 is 2.10 bits per heavy atom. The van der Waals surface area contributed by atoms with Gasteiger partial charge in [0.2, 0.25) is 5.88 Å². The molecule has 2 N–H and O–H groups in total. The molecule has 0 aliphatic carbocycles. The highest BCUT2D eigenvalue weighted by Crippen LogP contribution is 2.37. The topological polar surface area (TPSA) is 70.5 Å². The van der Waals surface area contributed by atoms with E-state index in [1.165, 1.54) is 0 Å². The molecule has 1 atom stereocenters. The molecular formula is C15H18N2O3. The van der Waals surface area contributed by atoms with Crippen LogP contribution in [0.5, 0.6) is 5.75 Å². The fraction of sp³-hybridized carbons (Fsp3) is 0.400. The van der Waals surface area contributed by atoms with Crippen LogP contribution < -0.4 is 10.5 Å². The smallest absolute Gasteiger partial charge is 0.230 e. The molecule has 0 amide bonds. The third kappa shape index (κ3) is 2.36. The van der Waals surface area contributed by atoms with Crippen molar-refractivity contribution < 1.29 is 14.0 Å². The van der Waals surface area contributed by atoms with Crippen LogP contribution >= 0.6 is 0 Å². The second-order valence-corrected chi connectivity index (χ2v) is 4.95. The number of hydrogen-bond acceptors (Lipinski definition) is 5. The Bertz CT molecular complexity index is 571. The molecule has 1 aliphatic rings. The van der Waals surface area contributed by atoms with Crippen molar-refractivity contribution in [2.24, 2.45) is 0 Å². The molecule has 2 heterocycles. The summed E-state index contributed by atoms with van der Waals surface area (Å²) in [4.78, 5) is 0. The van der Waals surface area contributed by atoms with Gasteiger partial charge < -0.3 is 19.7 Å². The highest BCUT2D eigenvalue weighted by molar-refractivity contribution is 5.76. The zero-order valence-corrected chi connectivity index (χ0v) is 11.5. The largest absolute Gasteiger partial charge is 0.497 e. The summed E-state index contributed by atoms with van der Waals surface area (Å²) in [5.74, 6) is 1.42. The molecule has 0 saturated carbocycles. The number of ether oxygens (including phenoxy) is 2. The van der Waals surface area contributed by atoms with E-state index in [1.54, 1.807) is 7.11 Å². The molecule has 2 aromatic rings. The number of aromatic nitrogens is 1. The lowest BCUT2D eigenvalue weighted by atomic mass is 9.92. The lowest BCUT2D eigenvalue weighted by molar-refractivity contribution is 0.0785. The van der Waals surface area contributed by atoms with Gasteiger partial charge in [-0.3, -0.25) is 0 Å². The van der Waals surface area contributed by atoms with Gasteiger partial charge in [-0.2, -0.15) is 0 Å². The van der Waals surface area contributed by atoms with Crippen LogP contribution in [0.25, 0.3) is 11.1 Å². The van der Waals surface area contributed by atoms with Gasteiger partial charge in [0, 0.05) is 12.5 Å². The van der Waals surface area contributed by atoms with E-state index < -0.39 is 0 Å². The fourth-order valence-electron chi connectivity index (χ4n) is 2.60. The summed E-state index contributed by atoms with van der Waals surface area (Å²) in [7, 11) is 1.65. The van der Waals surface area contributed by atoms with Crippen LogP contribution in [0.2, 0.25) is 0 Å². The van der Waals surface area contributed by atoms with Crippen molar-refractivity contribution in [1.82, 2.24) is 5.16 Å². The Kier molecular flexibility index (Phi) is 3.60. The molecule has 0 bridgehead atoms. The van der Waals surface area contributed by atoms with E-state index in [0.29, 0.717) is 12.5 Å². The van der Waals surface area contributed by atoms with E-state index in [2.05, 4.69) is 5.16 Å². The number of methoxy groups -OCH3 is 1. The van der Waals surface area contributed by atoms with Crippen molar-refractivity contribution in [3.8, 4) is 16.9 Å². The maximum atomic E-state index is 5.95. The molecule has 1 aliphatic heterocycles. The van der Waals surface area contributed by atoms with Gasteiger partial charge in [-0.05, 0) is 30.5 Å². The molecule has 1 saturated heterocycles. The molecule has 5 nitrogen and oxygen atoms in total. The average Bonchev–Trinajstić information content (AvgIpc) is 2.90. The highest BCUT2D eigenvalue weighted by atomic mass is 16.5. The van der Waals surface area contributed by atoms with Gasteiger partial charge >= 0.3 is 0 Å². The predicted octanol–water partition coefficient (Wildman–Crippen LogP) is 2.83. The van der Waals surface area contributed by atoms with Crippen LogP contribution in [-0.2, 0) is 4.74 Å². The summed E-state index contributed by atoms with van der Waals surface area (Å²) >= 11 is 0. The number of nitrogen functional groups attached to an aromatic ring is 1. The van der Waals surface area contributed by atoms with Crippen LogP contribution in [0.3, 0.4) is 0 Å². The number of nitrogens with zero attached hydrogens (tertiary/aromatic N) is 1. The predicted molar refractivity (Wildman–Crippen MR) is 75.7 cm³/mol. The Morgan fingerprint density at radius 1 is 1.30 bits per heavy atom. The van der Waals surface area contributed by atoms with Gasteiger partial charge in [-0.1, -0.05) is 17.3 Å². The number of anilines is 1. The zero-order valence-electron chi connectivity index (χ0n) is 11.5. The van der Waals surface area contributed by atoms with Crippen LogP contribution in [0.15, 0.2) is 28.8 Å². The number of hydrogen-bond donors (Lipinski definition) is 1. The normalized spacial score (nSPS) is 18.9. The van der Waals surface area contributed by atoms with Crippen molar-refractivity contribution in [2.75, 3.05) is 26.1 Å². The lowest BCUT2D eigenvalue weighted by Crippen LogP contribution is -2.16. The summed E-state index contributed by atoms with van der Waals surface area (Å²) in [6, 6.07) is 7.75. The lowest BCUT2D eigenvalue weighted by Gasteiger charge is -2.20. The first-order chi connectivity index (χ1) is 9.79. The molecular weight excluding hydrogens is 256 g/mol. The minimum atomic E-state index is 0.252. The second-order valence-electron chi connectivity index (χ2n) is 4.95. The van der Waals surface area contributed by atoms with Gasteiger partial charge in [0.05, 0.1) is 25.0 Å². The molecule has 5 heteroatoms. The monoisotopic (exact) mass is 274 g/mol. The van der Waals surface area contributed by atoms with Crippen LogP contribution in [0, 0.1) is 0 Å². The molecule has 1 unspecified atom stereocenters. The maximum absolute atomic E-state index is 5.95. The molecule has 1 aromatic carbocycles. The Balaban J connectivity index is 1.96. The van der Waals surface area contributed by atoms with E-state index in [-0.39, 0.29) is 5.92 Å². The first-order valence-corrected chi connectivity index (χ1v) is 6.77. The molecule has 106 valence electrons. The molecule has 3 rings (SSSR count). The summed E-state index contributed by atoms with van der Waals surface area (Å²) in [5, 5.41) is 4.15. The van der Waals surface area contributed by atoms with Gasteiger partial charge in [-0.15, -0.1) is 0 Å². The highest BCUT2D eigenvalue weighted by Gasteiger charge is 2.25. The third-order valence-corrected chi connectivity index (χ3v) is 3.67. The quantitative estimate of drug-likeness (QED) is 0.931. The Labute approximate surface area is 117 Å². The van der Waals surface area contributed by atoms with Crippen molar-refractivity contribution in [1.29, 1.82) is 0 Å². The van der Waals surface area contributed by atoms with Crippen molar-refractivity contribution >= 4 is 5.88 Å². The van der Waals surface area contributed by atoms with Gasteiger partial charge in [0.1, 0.15) is 5.75 Å². The van der Waals surface area contributed by atoms with E-state index in [4.69, 9.17) is 19.7 Å². The van der Waals surface area contributed by atoms with E-state index >= 15 is 0 Å². The van der Waals surface area contributed by atoms with E-state index in [1.807, 2.05) is 24.3 Å². The number of nitrogens with two attached hydrogens (primary N) is 1. The summed E-state index contributed by atoms with van der Waals surface area (Å²) in [6.45, 7) is 1.50. The second kappa shape index (κ2) is 5.54. The Morgan fingerprint density at radius 3 is 2.75 bits per heavy atom. The maximum Gasteiger partial charge on any atom is 0.230 e. The van der Waals surface area contributed by atoms with Crippen LogP contribution in [-0.4, -0.2) is 25.5 Å². The summed E-state index contributed by atoms with van der Waals surface area (Å²) in [6.07, 6.45) is 2.09. The van der Waals surface area contributed by atoms with Crippen molar-refractivity contribution in [3.05, 3.63) is 30.0 Å². The minimum absolute atomic E-state index is 0.252. The van der Waals surface area contributed by atoms with Gasteiger partial charge in [-0.25, -0.2) is 0 Å². The van der Waals surface area contributed by atoms with Gasteiger partial charge in [0.25, 0.3) is 0 Å². The van der Waals surface area contributed by atoms with Gasteiger partial charge in [0.15, 0.2) is 0 Å².